The number of hydrogen-bond donors (Lipinski definition) is 0. The highest BCUT2D eigenvalue weighted by Gasteiger charge is 2.32. The molecule has 1 saturated carbocycles. The largest absolute Gasteiger partial charge is 0.332 e. The summed E-state index contributed by atoms with van der Waals surface area (Å²) in [6.07, 6.45) is 6.78. The van der Waals surface area contributed by atoms with E-state index in [2.05, 4.69) is 4.98 Å². The zero-order chi connectivity index (χ0) is 18.3. The summed E-state index contributed by atoms with van der Waals surface area (Å²) in [5.74, 6) is -0.605. The third kappa shape index (κ3) is 3.37. The molecule has 1 aliphatic rings. The molecule has 0 spiro atoms. The summed E-state index contributed by atoms with van der Waals surface area (Å²) in [5.41, 5.74) is 0.987. The molecule has 26 heavy (non-hydrogen) atoms. The van der Waals surface area contributed by atoms with Gasteiger partial charge in [-0.2, -0.15) is 0 Å². The Morgan fingerprint density at radius 1 is 1.42 bits per heavy atom. The van der Waals surface area contributed by atoms with Gasteiger partial charge in [-0.1, -0.05) is 29.3 Å². The van der Waals surface area contributed by atoms with Crippen LogP contribution in [0.1, 0.15) is 24.1 Å². The second kappa shape index (κ2) is 7.02. The van der Waals surface area contributed by atoms with Crippen molar-refractivity contribution < 1.29 is 9.18 Å². The number of hydrogen-bond acceptors (Lipinski definition) is 3. The van der Waals surface area contributed by atoms with Gasteiger partial charge in [-0.15, -0.1) is 11.3 Å². The fourth-order valence-corrected chi connectivity index (χ4v) is 4.03. The Kier molecular flexibility index (Phi) is 4.73. The van der Waals surface area contributed by atoms with Gasteiger partial charge in [0, 0.05) is 34.3 Å². The van der Waals surface area contributed by atoms with Gasteiger partial charge in [-0.05, 0) is 31.1 Å². The number of benzene rings is 1. The van der Waals surface area contributed by atoms with Crippen molar-refractivity contribution in [2.45, 2.75) is 25.4 Å². The molecule has 0 atom stereocenters. The van der Waals surface area contributed by atoms with Crippen LogP contribution in [0.15, 0.2) is 35.9 Å². The van der Waals surface area contributed by atoms with Crippen LogP contribution < -0.4 is 0 Å². The van der Waals surface area contributed by atoms with Gasteiger partial charge >= 0.3 is 0 Å². The lowest BCUT2D eigenvalue weighted by molar-refractivity contribution is -0.127. The van der Waals surface area contributed by atoms with Crippen LogP contribution in [0.25, 0.3) is 11.0 Å². The van der Waals surface area contributed by atoms with Gasteiger partial charge in [-0.25, -0.2) is 9.37 Å². The van der Waals surface area contributed by atoms with E-state index in [1.54, 1.807) is 23.1 Å². The molecule has 2 aromatic heterocycles. The number of amides is 1. The molecular weight excluding hydrogens is 396 g/mol. The lowest BCUT2D eigenvalue weighted by Gasteiger charge is -2.22. The Hall–Kier alpha value is -1.89. The van der Waals surface area contributed by atoms with Crippen molar-refractivity contribution in [3.05, 3.63) is 63.1 Å². The summed E-state index contributed by atoms with van der Waals surface area (Å²) in [7, 11) is 0. The van der Waals surface area contributed by atoms with Crippen molar-refractivity contribution in [1.29, 1.82) is 0 Å². The van der Waals surface area contributed by atoms with Crippen LogP contribution >= 0.6 is 34.5 Å². The van der Waals surface area contributed by atoms with Crippen LogP contribution in [0, 0.1) is 5.82 Å². The second-order valence-corrected chi connectivity index (χ2v) is 7.71. The first kappa shape index (κ1) is 17.5. The lowest BCUT2D eigenvalue weighted by Crippen LogP contribution is -2.31. The molecule has 134 valence electrons. The summed E-state index contributed by atoms with van der Waals surface area (Å²) in [6, 6.07) is 4.65. The molecular formula is C18H14Cl2FN3OS. The predicted molar refractivity (Wildman–Crippen MR) is 102 cm³/mol. The van der Waals surface area contributed by atoms with Crippen molar-refractivity contribution >= 4 is 51.5 Å². The van der Waals surface area contributed by atoms with E-state index >= 15 is 0 Å². The number of imidazole rings is 1. The van der Waals surface area contributed by atoms with Gasteiger partial charge in [0.1, 0.15) is 5.82 Å². The highest BCUT2D eigenvalue weighted by atomic mass is 35.5. The Balaban J connectivity index is 1.58. The number of nitrogens with zero attached hydrogens (tertiary/aromatic N) is 3. The Labute approximate surface area is 163 Å². The number of fused-ring (bicyclic) bond motifs is 1. The number of thiazole rings is 1. The first-order valence-electron chi connectivity index (χ1n) is 8.07. The summed E-state index contributed by atoms with van der Waals surface area (Å²) in [5, 5.41) is 2.57. The van der Waals surface area contributed by atoms with Gasteiger partial charge < -0.3 is 4.90 Å². The molecule has 0 N–H and O–H groups in total. The molecule has 0 bridgehead atoms. The molecule has 0 saturated heterocycles. The van der Waals surface area contributed by atoms with Gasteiger partial charge in [0.2, 0.25) is 5.91 Å². The van der Waals surface area contributed by atoms with Crippen LogP contribution in [0.2, 0.25) is 10.2 Å². The average molecular weight is 410 g/mol. The van der Waals surface area contributed by atoms with E-state index in [1.807, 2.05) is 16.0 Å². The molecule has 4 rings (SSSR count). The fourth-order valence-electron chi connectivity index (χ4n) is 2.80. The summed E-state index contributed by atoms with van der Waals surface area (Å²) in [4.78, 5) is 19.4. The normalized spacial score (nSPS) is 14.4. The van der Waals surface area contributed by atoms with Gasteiger partial charge in [0.15, 0.2) is 10.1 Å². The summed E-state index contributed by atoms with van der Waals surface area (Å²) in [6.45, 7) is 0.146. The van der Waals surface area contributed by atoms with Crippen LogP contribution in [-0.2, 0) is 11.3 Å². The molecule has 1 amide bonds. The van der Waals surface area contributed by atoms with Crippen LogP contribution in [0.5, 0.6) is 0 Å². The molecule has 3 aromatic rings. The maximum absolute atomic E-state index is 14.1. The maximum Gasteiger partial charge on any atom is 0.247 e. The number of aromatic nitrogens is 2. The lowest BCUT2D eigenvalue weighted by atomic mass is 10.2. The minimum atomic E-state index is -0.404. The predicted octanol–water partition coefficient (Wildman–Crippen LogP) is 5.05. The third-order valence-electron chi connectivity index (χ3n) is 4.30. The van der Waals surface area contributed by atoms with Gasteiger partial charge in [0.05, 0.1) is 12.2 Å². The summed E-state index contributed by atoms with van der Waals surface area (Å²) < 4.78 is 15.9. The molecule has 2 heterocycles. The second-order valence-electron chi connectivity index (χ2n) is 6.07. The first-order valence-corrected chi connectivity index (χ1v) is 9.71. The van der Waals surface area contributed by atoms with E-state index in [9.17, 15) is 9.18 Å². The van der Waals surface area contributed by atoms with Crippen molar-refractivity contribution in [3.63, 3.8) is 0 Å². The van der Waals surface area contributed by atoms with Crippen molar-refractivity contribution in [1.82, 2.24) is 14.3 Å². The smallest absolute Gasteiger partial charge is 0.247 e. The highest BCUT2D eigenvalue weighted by molar-refractivity contribution is 7.15. The summed E-state index contributed by atoms with van der Waals surface area (Å²) >= 11 is 13.7. The fraction of sp³-hybridized carbons (Fsp3) is 0.222. The van der Waals surface area contributed by atoms with Crippen molar-refractivity contribution in [2.24, 2.45) is 0 Å². The number of carbonyl (C=O) groups excluding carboxylic acids is 1. The van der Waals surface area contributed by atoms with E-state index in [0.717, 1.165) is 17.8 Å². The standard InChI is InChI=1S/C18H14Cl2FN3OS/c19-13-2-1-3-14(21)12(13)10-24(11-4-5-11)16(25)7-6-15-17(20)22-18-23(15)8-9-26-18/h1-3,6-9,11H,4-5,10H2/b7-6+. The molecule has 4 nitrogen and oxygen atoms in total. The monoisotopic (exact) mass is 409 g/mol. The van der Waals surface area contributed by atoms with Crippen LogP contribution in [-0.4, -0.2) is 26.2 Å². The molecule has 1 aromatic carbocycles. The number of halogens is 3. The quantitative estimate of drug-likeness (QED) is 0.553. The van der Waals surface area contributed by atoms with Gasteiger partial charge in [0.25, 0.3) is 0 Å². The van der Waals surface area contributed by atoms with E-state index in [-0.39, 0.29) is 18.5 Å². The Morgan fingerprint density at radius 3 is 2.96 bits per heavy atom. The third-order valence-corrected chi connectivity index (χ3v) is 5.69. The SMILES string of the molecule is O=C(/C=C/c1c(Cl)nc2sccn12)N(Cc1c(F)cccc1Cl)C1CC1. The van der Waals surface area contributed by atoms with E-state index in [4.69, 9.17) is 23.2 Å². The van der Waals surface area contributed by atoms with Crippen LogP contribution in [0.3, 0.4) is 0 Å². The highest BCUT2D eigenvalue weighted by Crippen LogP contribution is 2.31. The maximum atomic E-state index is 14.1. The minimum absolute atomic E-state index is 0.116. The van der Waals surface area contributed by atoms with Crippen LogP contribution in [0.4, 0.5) is 4.39 Å². The molecule has 1 aliphatic carbocycles. The Bertz CT molecular complexity index is 989. The molecule has 0 unspecified atom stereocenters. The van der Waals surface area contributed by atoms with Crippen molar-refractivity contribution in [3.8, 4) is 0 Å². The molecule has 8 heteroatoms. The zero-order valence-corrected chi connectivity index (χ0v) is 15.9. The first-order chi connectivity index (χ1) is 12.5. The average Bonchev–Trinajstić information content (AvgIpc) is 3.26. The van der Waals surface area contributed by atoms with Crippen molar-refractivity contribution in [2.75, 3.05) is 0 Å². The zero-order valence-electron chi connectivity index (χ0n) is 13.5. The molecule has 0 aliphatic heterocycles. The Morgan fingerprint density at radius 2 is 2.23 bits per heavy atom. The number of carbonyl (C=O) groups is 1. The topological polar surface area (TPSA) is 37.6 Å². The van der Waals surface area contributed by atoms with E-state index < -0.39 is 5.82 Å². The minimum Gasteiger partial charge on any atom is -0.332 e. The molecule has 1 fully saturated rings. The number of rotatable bonds is 5. The molecule has 0 radical (unpaired) electrons. The van der Waals surface area contributed by atoms with E-state index in [0.29, 0.717) is 21.4 Å². The van der Waals surface area contributed by atoms with Gasteiger partial charge in [-0.3, -0.25) is 9.20 Å². The van der Waals surface area contributed by atoms with E-state index in [1.165, 1.54) is 23.5 Å².